The van der Waals surface area contributed by atoms with E-state index in [-0.39, 0.29) is 12.2 Å². The Kier molecular flexibility index (Phi) is 6.11. The lowest BCUT2D eigenvalue weighted by molar-refractivity contribution is -0.00838. The highest BCUT2D eigenvalue weighted by Crippen LogP contribution is 2.25. The SMILES string of the molecule is Cc1nc(N)c2[nH]c(C)c(CCCCCCN3C[C@H](O)C[C@@H](O)C3)c2n1. The first-order valence-corrected chi connectivity index (χ1v) is 9.63. The van der Waals surface area contributed by atoms with E-state index < -0.39 is 0 Å². The number of aromatic nitrogens is 3. The van der Waals surface area contributed by atoms with E-state index in [1.807, 2.05) is 6.92 Å². The van der Waals surface area contributed by atoms with Crippen molar-refractivity contribution in [2.45, 2.75) is 64.6 Å². The van der Waals surface area contributed by atoms with Gasteiger partial charge in [-0.3, -0.25) is 4.90 Å². The van der Waals surface area contributed by atoms with Gasteiger partial charge in [-0.15, -0.1) is 0 Å². The van der Waals surface area contributed by atoms with Gasteiger partial charge in [-0.05, 0) is 45.2 Å². The molecule has 3 heterocycles. The van der Waals surface area contributed by atoms with Crippen molar-refractivity contribution in [2.75, 3.05) is 25.4 Å². The number of unbranched alkanes of at least 4 members (excludes halogenated alkanes) is 3. The van der Waals surface area contributed by atoms with E-state index in [9.17, 15) is 10.2 Å². The Balaban J connectivity index is 1.44. The molecule has 0 aromatic carbocycles. The molecule has 144 valence electrons. The third-order valence-electron chi connectivity index (χ3n) is 5.23. The molecule has 5 N–H and O–H groups in total. The summed E-state index contributed by atoms with van der Waals surface area (Å²) in [4.78, 5) is 14.3. The van der Waals surface area contributed by atoms with E-state index in [0.29, 0.717) is 31.2 Å². The van der Waals surface area contributed by atoms with E-state index in [1.165, 1.54) is 5.56 Å². The number of nitrogens with one attached hydrogen (secondary N) is 1. The van der Waals surface area contributed by atoms with Crippen LogP contribution in [0.3, 0.4) is 0 Å². The van der Waals surface area contributed by atoms with Crippen LogP contribution in [0.15, 0.2) is 0 Å². The zero-order valence-corrected chi connectivity index (χ0v) is 15.8. The molecular weight excluding hydrogens is 330 g/mol. The summed E-state index contributed by atoms with van der Waals surface area (Å²) in [6.45, 7) is 6.26. The second-order valence-corrected chi connectivity index (χ2v) is 7.58. The molecule has 2 atom stereocenters. The molecule has 0 spiro atoms. The summed E-state index contributed by atoms with van der Waals surface area (Å²) in [5, 5.41) is 19.4. The number of hydrogen-bond donors (Lipinski definition) is 4. The lowest BCUT2D eigenvalue weighted by Gasteiger charge is -2.33. The molecule has 0 bridgehead atoms. The molecular formula is C19H31N5O2. The number of rotatable bonds is 7. The molecule has 1 aliphatic heterocycles. The van der Waals surface area contributed by atoms with Crippen molar-refractivity contribution in [2.24, 2.45) is 0 Å². The Morgan fingerprint density at radius 2 is 1.77 bits per heavy atom. The fourth-order valence-corrected chi connectivity index (χ4v) is 3.99. The number of nitrogens with two attached hydrogens (primary N) is 1. The molecule has 2 aromatic heterocycles. The van der Waals surface area contributed by atoms with Gasteiger partial charge in [0.25, 0.3) is 0 Å². The average molecular weight is 361 g/mol. The van der Waals surface area contributed by atoms with Gasteiger partial charge < -0.3 is 20.9 Å². The third-order valence-corrected chi connectivity index (χ3v) is 5.23. The lowest BCUT2D eigenvalue weighted by atomic mass is 10.0. The maximum atomic E-state index is 9.72. The Morgan fingerprint density at radius 3 is 2.50 bits per heavy atom. The minimum Gasteiger partial charge on any atom is -0.392 e. The molecule has 26 heavy (non-hydrogen) atoms. The van der Waals surface area contributed by atoms with Gasteiger partial charge in [-0.2, -0.15) is 0 Å². The fraction of sp³-hybridized carbons (Fsp3) is 0.684. The molecule has 1 aliphatic rings. The van der Waals surface area contributed by atoms with Gasteiger partial charge in [0, 0.05) is 25.2 Å². The Labute approximate surface area is 154 Å². The summed E-state index contributed by atoms with van der Waals surface area (Å²) in [6.07, 6.45) is 5.24. The number of aliphatic hydroxyl groups is 2. The van der Waals surface area contributed by atoms with Crippen LogP contribution >= 0.6 is 0 Å². The normalized spacial score (nSPS) is 21.5. The van der Waals surface area contributed by atoms with Crippen LogP contribution in [0.2, 0.25) is 0 Å². The average Bonchev–Trinajstić information content (AvgIpc) is 2.86. The molecule has 0 unspecified atom stereocenters. The highest BCUT2D eigenvalue weighted by Gasteiger charge is 2.23. The highest BCUT2D eigenvalue weighted by atomic mass is 16.3. The van der Waals surface area contributed by atoms with Crippen molar-refractivity contribution in [3.8, 4) is 0 Å². The fourth-order valence-electron chi connectivity index (χ4n) is 3.99. The zero-order chi connectivity index (χ0) is 18.7. The minimum absolute atomic E-state index is 0.388. The maximum Gasteiger partial charge on any atom is 0.151 e. The first-order valence-electron chi connectivity index (χ1n) is 9.63. The third kappa shape index (κ3) is 4.52. The first kappa shape index (κ1) is 19.1. The molecule has 0 aliphatic carbocycles. The van der Waals surface area contributed by atoms with Gasteiger partial charge in [0.1, 0.15) is 11.3 Å². The topological polar surface area (TPSA) is 111 Å². The van der Waals surface area contributed by atoms with Gasteiger partial charge in [-0.25, -0.2) is 9.97 Å². The minimum atomic E-state index is -0.388. The van der Waals surface area contributed by atoms with Crippen LogP contribution < -0.4 is 5.73 Å². The number of nitrogens with zero attached hydrogens (tertiary/aromatic N) is 3. The van der Waals surface area contributed by atoms with Crippen LogP contribution in [0.25, 0.3) is 11.0 Å². The second kappa shape index (κ2) is 8.33. The second-order valence-electron chi connectivity index (χ2n) is 7.58. The number of nitrogen functional groups attached to an aromatic ring is 1. The number of aryl methyl sites for hydroxylation is 3. The summed E-state index contributed by atoms with van der Waals surface area (Å²) in [5.74, 6) is 1.23. The van der Waals surface area contributed by atoms with Crippen molar-refractivity contribution in [1.29, 1.82) is 0 Å². The van der Waals surface area contributed by atoms with Crippen molar-refractivity contribution >= 4 is 16.9 Å². The number of likely N-dealkylation sites (tertiary alicyclic amines) is 1. The summed E-state index contributed by atoms with van der Waals surface area (Å²) < 4.78 is 0. The molecule has 0 saturated carbocycles. The monoisotopic (exact) mass is 361 g/mol. The predicted molar refractivity (Wildman–Crippen MR) is 103 cm³/mol. The number of hydrogen-bond acceptors (Lipinski definition) is 6. The molecule has 7 nitrogen and oxygen atoms in total. The number of aliphatic hydroxyl groups excluding tert-OH is 2. The van der Waals surface area contributed by atoms with E-state index in [2.05, 4.69) is 26.8 Å². The highest BCUT2D eigenvalue weighted by molar-refractivity contribution is 5.88. The molecule has 3 rings (SSSR count). The number of fused-ring (bicyclic) bond motifs is 1. The van der Waals surface area contributed by atoms with E-state index in [0.717, 1.165) is 55.4 Å². The van der Waals surface area contributed by atoms with Crippen LogP contribution in [0.4, 0.5) is 5.82 Å². The number of anilines is 1. The molecule has 1 saturated heterocycles. The van der Waals surface area contributed by atoms with Crippen molar-refractivity contribution in [3.63, 3.8) is 0 Å². The maximum absolute atomic E-state index is 9.72. The van der Waals surface area contributed by atoms with Crippen molar-refractivity contribution in [1.82, 2.24) is 19.9 Å². The van der Waals surface area contributed by atoms with Crippen LogP contribution in [-0.4, -0.2) is 61.9 Å². The van der Waals surface area contributed by atoms with Crippen molar-refractivity contribution < 1.29 is 10.2 Å². The van der Waals surface area contributed by atoms with Crippen LogP contribution in [-0.2, 0) is 6.42 Å². The molecule has 2 aromatic rings. The Bertz CT molecular complexity index is 735. The van der Waals surface area contributed by atoms with Crippen molar-refractivity contribution in [3.05, 3.63) is 17.1 Å². The van der Waals surface area contributed by atoms with Crippen LogP contribution in [0.1, 0.15) is 49.2 Å². The molecule has 1 fully saturated rings. The van der Waals surface area contributed by atoms with Crippen LogP contribution in [0, 0.1) is 13.8 Å². The lowest BCUT2D eigenvalue weighted by Crippen LogP contribution is -2.45. The zero-order valence-electron chi connectivity index (χ0n) is 15.8. The van der Waals surface area contributed by atoms with E-state index in [4.69, 9.17) is 5.73 Å². The van der Waals surface area contributed by atoms with Gasteiger partial charge in [-0.1, -0.05) is 12.8 Å². The van der Waals surface area contributed by atoms with Gasteiger partial charge in [0.15, 0.2) is 5.82 Å². The van der Waals surface area contributed by atoms with Gasteiger partial charge >= 0.3 is 0 Å². The first-order chi connectivity index (χ1) is 12.4. The Hall–Kier alpha value is -1.70. The number of β-amino-alcohol motifs (C(OH)–C–C–N with tert-alkyl or cyclic N) is 2. The van der Waals surface area contributed by atoms with Gasteiger partial charge in [0.2, 0.25) is 0 Å². The quantitative estimate of drug-likeness (QED) is 0.559. The largest absolute Gasteiger partial charge is 0.392 e. The molecule has 0 radical (unpaired) electrons. The standard InChI is InChI=1S/C19H31N5O2/c1-12-16(17-18(21-12)19(20)23-13(2)22-17)7-5-3-4-6-8-24-10-14(25)9-15(26)11-24/h14-15,21,25-26H,3-11H2,1-2H3,(H2,20,22,23)/t14-,15-/m1/s1. The van der Waals surface area contributed by atoms with Crippen LogP contribution in [0.5, 0.6) is 0 Å². The molecule has 7 heteroatoms. The Morgan fingerprint density at radius 1 is 1.08 bits per heavy atom. The smallest absolute Gasteiger partial charge is 0.151 e. The summed E-state index contributed by atoms with van der Waals surface area (Å²) in [5.41, 5.74) is 10.2. The summed E-state index contributed by atoms with van der Waals surface area (Å²) in [6, 6.07) is 0. The van der Waals surface area contributed by atoms with E-state index in [1.54, 1.807) is 0 Å². The summed E-state index contributed by atoms with van der Waals surface area (Å²) >= 11 is 0. The predicted octanol–water partition coefficient (Wildman–Crippen LogP) is 1.69. The number of H-pyrrole nitrogens is 1. The number of piperidine rings is 1. The number of aromatic amines is 1. The summed E-state index contributed by atoms with van der Waals surface area (Å²) in [7, 11) is 0. The van der Waals surface area contributed by atoms with Gasteiger partial charge in [0.05, 0.1) is 17.7 Å². The van der Waals surface area contributed by atoms with E-state index >= 15 is 0 Å². The molecule has 0 amide bonds.